The Morgan fingerprint density at radius 1 is 1.15 bits per heavy atom. The maximum absolute atomic E-state index is 11.6. The van der Waals surface area contributed by atoms with Crippen LogP contribution < -0.4 is 21.3 Å². The first-order valence-corrected chi connectivity index (χ1v) is 12.2. The van der Waals surface area contributed by atoms with E-state index in [1.807, 2.05) is 25.2 Å². The summed E-state index contributed by atoms with van der Waals surface area (Å²) in [6.45, 7) is 10.5. The number of rotatable bonds is 10. The zero-order valence-electron chi connectivity index (χ0n) is 20.1. The zero-order chi connectivity index (χ0) is 23.2. The van der Waals surface area contributed by atoms with Gasteiger partial charge in [0.1, 0.15) is 0 Å². The van der Waals surface area contributed by atoms with Crippen LogP contribution >= 0.6 is 0 Å². The van der Waals surface area contributed by atoms with Crippen LogP contribution in [0.3, 0.4) is 0 Å². The second kappa shape index (κ2) is 10.8. The van der Waals surface area contributed by atoms with Crippen molar-refractivity contribution in [2.45, 2.75) is 33.1 Å². The standard InChI is InChI=1S/C26H37N5O2/c1-4-19(2)17-20-9-10-21(18-23(20)27-3)28-11-6-12-30-13-15-31(16-14-30)24-8-5-7-22-25(24)33-26(32)29-22/h5,7-10,18-19,27-28H,4,6,11-17H2,1-3H3,(H,29,32). The molecule has 1 saturated heterocycles. The number of H-pyrrole nitrogens is 1. The highest BCUT2D eigenvalue weighted by Crippen LogP contribution is 2.26. The molecule has 0 aliphatic carbocycles. The van der Waals surface area contributed by atoms with E-state index < -0.39 is 5.76 Å². The lowest BCUT2D eigenvalue weighted by Gasteiger charge is -2.36. The number of hydrogen-bond donors (Lipinski definition) is 3. The minimum atomic E-state index is -0.393. The van der Waals surface area contributed by atoms with E-state index in [9.17, 15) is 4.79 Å². The van der Waals surface area contributed by atoms with Crippen LogP contribution in [0.2, 0.25) is 0 Å². The first-order valence-electron chi connectivity index (χ1n) is 12.2. The summed E-state index contributed by atoms with van der Waals surface area (Å²) in [7, 11) is 2.00. The first kappa shape index (κ1) is 23.2. The van der Waals surface area contributed by atoms with Crippen molar-refractivity contribution in [2.75, 3.05) is 61.8 Å². The van der Waals surface area contributed by atoms with Gasteiger partial charge in [-0.25, -0.2) is 4.79 Å². The fourth-order valence-corrected chi connectivity index (χ4v) is 4.57. The highest BCUT2D eigenvalue weighted by molar-refractivity contribution is 5.86. The molecule has 1 fully saturated rings. The van der Waals surface area contributed by atoms with E-state index in [4.69, 9.17) is 4.42 Å². The van der Waals surface area contributed by atoms with E-state index in [2.05, 4.69) is 57.5 Å². The first-order chi connectivity index (χ1) is 16.1. The van der Waals surface area contributed by atoms with E-state index in [-0.39, 0.29) is 0 Å². The van der Waals surface area contributed by atoms with E-state index in [1.54, 1.807) is 0 Å². The van der Waals surface area contributed by atoms with E-state index in [1.165, 1.54) is 23.4 Å². The number of nitrogens with one attached hydrogen (secondary N) is 3. The average molecular weight is 452 g/mol. The predicted molar refractivity (Wildman–Crippen MR) is 138 cm³/mol. The molecule has 0 bridgehead atoms. The maximum Gasteiger partial charge on any atom is 0.417 e. The minimum absolute atomic E-state index is 0.393. The molecule has 33 heavy (non-hydrogen) atoms. The summed E-state index contributed by atoms with van der Waals surface area (Å²) in [5.41, 5.74) is 6.23. The van der Waals surface area contributed by atoms with Crippen molar-refractivity contribution in [2.24, 2.45) is 5.92 Å². The topological polar surface area (TPSA) is 76.5 Å². The Hall–Kier alpha value is -2.93. The number of aromatic nitrogens is 1. The van der Waals surface area contributed by atoms with Crippen LogP contribution in [0.25, 0.3) is 11.1 Å². The normalized spacial score (nSPS) is 15.7. The Morgan fingerprint density at radius 3 is 2.73 bits per heavy atom. The van der Waals surface area contributed by atoms with Gasteiger partial charge in [-0.2, -0.15) is 0 Å². The lowest BCUT2D eigenvalue weighted by Crippen LogP contribution is -2.46. The van der Waals surface area contributed by atoms with E-state index in [0.29, 0.717) is 11.5 Å². The highest BCUT2D eigenvalue weighted by Gasteiger charge is 2.20. The van der Waals surface area contributed by atoms with Crippen LogP contribution in [0.1, 0.15) is 32.3 Å². The number of aromatic amines is 1. The molecule has 7 heteroatoms. The molecule has 0 radical (unpaired) electrons. The Morgan fingerprint density at radius 2 is 1.97 bits per heavy atom. The molecule has 1 unspecified atom stereocenters. The van der Waals surface area contributed by atoms with Crippen LogP contribution in [0.5, 0.6) is 0 Å². The number of hydrogen-bond acceptors (Lipinski definition) is 6. The lowest BCUT2D eigenvalue weighted by molar-refractivity contribution is 0.257. The molecule has 1 aliphatic heterocycles. The monoisotopic (exact) mass is 451 g/mol. The summed E-state index contributed by atoms with van der Waals surface area (Å²) in [6, 6.07) is 12.6. The van der Waals surface area contributed by atoms with E-state index >= 15 is 0 Å². The summed E-state index contributed by atoms with van der Waals surface area (Å²) < 4.78 is 5.37. The van der Waals surface area contributed by atoms with Gasteiger partial charge < -0.3 is 20.0 Å². The quantitative estimate of drug-likeness (QED) is 0.397. The SMILES string of the molecule is CCC(C)Cc1ccc(NCCCN2CCN(c3cccc4[nH]c(=O)oc34)CC2)cc1NC. The Kier molecular flexibility index (Phi) is 7.60. The third-order valence-electron chi connectivity index (χ3n) is 6.76. The van der Waals surface area contributed by atoms with Crippen molar-refractivity contribution in [3.63, 3.8) is 0 Å². The summed E-state index contributed by atoms with van der Waals surface area (Å²) in [6.07, 6.45) is 3.42. The van der Waals surface area contributed by atoms with Gasteiger partial charge in [0.05, 0.1) is 11.2 Å². The number of fused-ring (bicyclic) bond motifs is 1. The van der Waals surface area contributed by atoms with Gasteiger partial charge in [0.2, 0.25) is 0 Å². The lowest BCUT2D eigenvalue weighted by atomic mass is 9.97. The molecule has 0 saturated carbocycles. The largest absolute Gasteiger partial charge is 0.417 e. The Labute approximate surface area is 196 Å². The molecule has 3 aromatic rings. The van der Waals surface area contributed by atoms with Crippen molar-refractivity contribution >= 4 is 28.2 Å². The second-order valence-electron chi connectivity index (χ2n) is 9.12. The van der Waals surface area contributed by atoms with Crippen LogP contribution in [0.15, 0.2) is 45.6 Å². The molecule has 2 aromatic carbocycles. The number of oxazole rings is 1. The number of anilines is 3. The maximum atomic E-state index is 11.6. The third kappa shape index (κ3) is 5.71. The van der Waals surface area contributed by atoms with Crippen LogP contribution in [0.4, 0.5) is 17.1 Å². The van der Waals surface area contributed by atoms with Crippen LogP contribution in [-0.2, 0) is 6.42 Å². The highest BCUT2D eigenvalue weighted by atomic mass is 16.4. The third-order valence-corrected chi connectivity index (χ3v) is 6.76. The molecular weight excluding hydrogens is 414 g/mol. The predicted octanol–water partition coefficient (Wildman–Crippen LogP) is 4.38. The van der Waals surface area contributed by atoms with Crippen LogP contribution in [-0.4, -0.2) is 56.2 Å². The summed E-state index contributed by atoms with van der Waals surface area (Å²) in [4.78, 5) is 19.1. The number of nitrogens with zero attached hydrogens (tertiary/aromatic N) is 2. The van der Waals surface area contributed by atoms with Gasteiger partial charge in [0, 0.05) is 51.1 Å². The summed E-state index contributed by atoms with van der Waals surface area (Å²) >= 11 is 0. The average Bonchev–Trinajstić information content (AvgIpc) is 3.23. The molecule has 1 aromatic heterocycles. The Balaban J connectivity index is 1.22. The number of para-hydroxylation sites is 1. The fraction of sp³-hybridized carbons (Fsp3) is 0.500. The van der Waals surface area contributed by atoms with Crippen molar-refractivity contribution in [1.29, 1.82) is 0 Å². The van der Waals surface area contributed by atoms with Gasteiger partial charge in [-0.05, 0) is 55.1 Å². The second-order valence-corrected chi connectivity index (χ2v) is 9.12. The van der Waals surface area contributed by atoms with E-state index in [0.717, 1.165) is 63.3 Å². The zero-order valence-corrected chi connectivity index (χ0v) is 20.1. The molecule has 2 heterocycles. The molecule has 178 valence electrons. The fourth-order valence-electron chi connectivity index (χ4n) is 4.57. The molecule has 0 amide bonds. The van der Waals surface area contributed by atoms with Gasteiger partial charge >= 0.3 is 5.76 Å². The molecular formula is C26H37N5O2. The number of piperazine rings is 1. The summed E-state index contributed by atoms with van der Waals surface area (Å²) in [5.74, 6) is 0.307. The molecule has 7 nitrogen and oxygen atoms in total. The van der Waals surface area contributed by atoms with Gasteiger partial charge in [0.15, 0.2) is 5.58 Å². The minimum Gasteiger partial charge on any atom is -0.406 e. The van der Waals surface area contributed by atoms with Gasteiger partial charge in [-0.3, -0.25) is 9.88 Å². The van der Waals surface area contributed by atoms with Crippen molar-refractivity contribution in [1.82, 2.24) is 9.88 Å². The number of benzene rings is 2. The molecule has 1 aliphatic rings. The van der Waals surface area contributed by atoms with Crippen LogP contribution in [0, 0.1) is 5.92 Å². The van der Waals surface area contributed by atoms with Gasteiger partial charge in [0.25, 0.3) is 0 Å². The Bertz CT molecular complexity index is 1100. The molecule has 0 spiro atoms. The molecule has 1 atom stereocenters. The van der Waals surface area contributed by atoms with Crippen molar-refractivity contribution in [3.8, 4) is 0 Å². The van der Waals surface area contributed by atoms with Crippen molar-refractivity contribution < 1.29 is 4.42 Å². The van der Waals surface area contributed by atoms with Crippen molar-refractivity contribution in [3.05, 3.63) is 52.5 Å². The smallest absolute Gasteiger partial charge is 0.406 e. The molecule has 4 rings (SSSR count). The molecule has 3 N–H and O–H groups in total. The van der Waals surface area contributed by atoms with Gasteiger partial charge in [-0.1, -0.05) is 32.4 Å². The summed E-state index contributed by atoms with van der Waals surface area (Å²) in [5, 5.41) is 6.95. The van der Waals surface area contributed by atoms with Gasteiger partial charge in [-0.15, -0.1) is 0 Å².